The summed E-state index contributed by atoms with van der Waals surface area (Å²) in [4.78, 5) is 11.9. The lowest BCUT2D eigenvalue weighted by Crippen LogP contribution is -2.31. The van der Waals surface area contributed by atoms with Gasteiger partial charge in [-0.25, -0.2) is 4.79 Å². The molecule has 0 saturated heterocycles. The van der Waals surface area contributed by atoms with Crippen LogP contribution in [0.4, 0.5) is 0 Å². The first-order valence-corrected chi connectivity index (χ1v) is 6.97. The maximum absolute atomic E-state index is 11.9. The standard InChI is InChI=1S/C16H24O3/c1-4-5-11-18-16(17)15(13(2)3)19-12-14-9-7-6-8-10-14/h6-10,13,15H,4-5,11-12H2,1-3H3/t15-/m0/s1. The molecule has 0 unspecified atom stereocenters. The molecule has 0 aliphatic heterocycles. The molecule has 0 aliphatic carbocycles. The zero-order valence-corrected chi connectivity index (χ0v) is 12.1. The van der Waals surface area contributed by atoms with Crippen LogP contribution >= 0.6 is 0 Å². The van der Waals surface area contributed by atoms with Gasteiger partial charge in [-0.15, -0.1) is 0 Å². The van der Waals surface area contributed by atoms with Crippen LogP contribution in [0.1, 0.15) is 39.2 Å². The second-order valence-corrected chi connectivity index (χ2v) is 4.98. The largest absolute Gasteiger partial charge is 0.464 e. The lowest BCUT2D eigenvalue weighted by molar-refractivity contribution is -0.161. The highest BCUT2D eigenvalue weighted by atomic mass is 16.6. The van der Waals surface area contributed by atoms with Gasteiger partial charge in [0.2, 0.25) is 0 Å². The molecule has 0 radical (unpaired) electrons. The first-order chi connectivity index (χ1) is 9.15. The molecular formula is C16H24O3. The normalized spacial score (nSPS) is 12.4. The number of hydrogen-bond acceptors (Lipinski definition) is 3. The van der Waals surface area contributed by atoms with Gasteiger partial charge in [-0.05, 0) is 17.9 Å². The Morgan fingerprint density at radius 2 is 1.89 bits per heavy atom. The first-order valence-electron chi connectivity index (χ1n) is 6.97. The van der Waals surface area contributed by atoms with Crippen molar-refractivity contribution in [2.45, 2.75) is 46.3 Å². The quantitative estimate of drug-likeness (QED) is 0.532. The van der Waals surface area contributed by atoms with E-state index in [2.05, 4.69) is 6.92 Å². The number of carbonyl (C=O) groups is 1. The van der Waals surface area contributed by atoms with Crippen molar-refractivity contribution >= 4 is 5.97 Å². The number of esters is 1. The van der Waals surface area contributed by atoms with E-state index in [9.17, 15) is 4.79 Å². The Morgan fingerprint density at radius 3 is 2.47 bits per heavy atom. The van der Waals surface area contributed by atoms with Crippen molar-refractivity contribution in [3.8, 4) is 0 Å². The van der Waals surface area contributed by atoms with Crippen LogP contribution in [0.3, 0.4) is 0 Å². The van der Waals surface area contributed by atoms with Gasteiger partial charge in [-0.3, -0.25) is 0 Å². The molecule has 0 aromatic heterocycles. The number of rotatable bonds is 8. The van der Waals surface area contributed by atoms with Crippen LogP contribution in [-0.4, -0.2) is 18.7 Å². The van der Waals surface area contributed by atoms with Gasteiger partial charge in [0, 0.05) is 0 Å². The van der Waals surface area contributed by atoms with Crippen molar-refractivity contribution in [3.05, 3.63) is 35.9 Å². The molecule has 1 rings (SSSR count). The number of carbonyl (C=O) groups excluding carboxylic acids is 1. The molecule has 0 heterocycles. The number of unbranched alkanes of at least 4 members (excludes halogenated alkanes) is 1. The molecular weight excluding hydrogens is 240 g/mol. The highest BCUT2D eigenvalue weighted by Gasteiger charge is 2.24. The number of benzene rings is 1. The van der Waals surface area contributed by atoms with E-state index in [0.717, 1.165) is 18.4 Å². The van der Waals surface area contributed by atoms with Gasteiger partial charge in [0.05, 0.1) is 13.2 Å². The monoisotopic (exact) mass is 264 g/mol. The Hall–Kier alpha value is -1.35. The fourth-order valence-electron chi connectivity index (χ4n) is 1.69. The van der Waals surface area contributed by atoms with Crippen LogP contribution in [0.15, 0.2) is 30.3 Å². The van der Waals surface area contributed by atoms with Crippen LogP contribution < -0.4 is 0 Å². The van der Waals surface area contributed by atoms with Crippen LogP contribution in [0.5, 0.6) is 0 Å². The van der Waals surface area contributed by atoms with Gasteiger partial charge in [0.25, 0.3) is 0 Å². The molecule has 0 spiro atoms. The summed E-state index contributed by atoms with van der Waals surface area (Å²) in [6.07, 6.45) is 1.43. The molecule has 3 heteroatoms. The van der Waals surface area contributed by atoms with Crippen LogP contribution in [0, 0.1) is 5.92 Å². The molecule has 106 valence electrons. The average molecular weight is 264 g/mol. The third-order valence-electron chi connectivity index (χ3n) is 2.85. The zero-order chi connectivity index (χ0) is 14.1. The minimum absolute atomic E-state index is 0.109. The molecule has 0 bridgehead atoms. The van der Waals surface area contributed by atoms with Gasteiger partial charge in [0.15, 0.2) is 6.10 Å². The predicted molar refractivity (Wildman–Crippen MR) is 75.7 cm³/mol. The fraction of sp³-hybridized carbons (Fsp3) is 0.562. The molecule has 0 N–H and O–H groups in total. The molecule has 1 aromatic carbocycles. The van der Waals surface area contributed by atoms with Crippen molar-refractivity contribution in [2.24, 2.45) is 5.92 Å². The molecule has 1 atom stereocenters. The highest BCUT2D eigenvalue weighted by molar-refractivity contribution is 5.75. The lowest BCUT2D eigenvalue weighted by atomic mass is 10.1. The number of hydrogen-bond donors (Lipinski definition) is 0. The van der Waals surface area contributed by atoms with Crippen LogP contribution in [0.25, 0.3) is 0 Å². The molecule has 0 fully saturated rings. The minimum atomic E-state index is -0.489. The maximum atomic E-state index is 11.9. The topological polar surface area (TPSA) is 35.5 Å². The summed E-state index contributed by atoms with van der Waals surface area (Å²) < 4.78 is 10.9. The molecule has 0 amide bonds. The summed E-state index contributed by atoms with van der Waals surface area (Å²) in [5.41, 5.74) is 1.06. The van der Waals surface area contributed by atoms with E-state index in [1.807, 2.05) is 44.2 Å². The van der Waals surface area contributed by atoms with Gasteiger partial charge >= 0.3 is 5.97 Å². The second-order valence-electron chi connectivity index (χ2n) is 4.98. The van der Waals surface area contributed by atoms with E-state index in [1.165, 1.54) is 0 Å². The van der Waals surface area contributed by atoms with Crippen molar-refractivity contribution < 1.29 is 14.3 Å². The summed E-state index contributed by atoms with van der Waals surface area (Å²) in [7, 11) is 0. The van der Waals surface area contributed by atoms with E-state index in [1.54, 1.807) is 0 Å². The minimum Gasteiger partial charge on any atom is -0.464 e. The smallest absolute Gasteiger partial charge is 0.335 e. The van der Waals surface area contributed by atoms with E-state index < -0.39 is 6.10 Å². The first kappa shape index (κ1) is 15.7. The van der Waals surface area contributed by atoms with E-state index >= 15 is 0 Å². The Morgan fingerprint density at radius 1 is 1.21 bits per heavy atom. The van der Waals surface area contributed by atoms with Gasteiger partial charge < -0.3 is 9.47 Å². The summed E-state index contributed by atoms with van der Waals surface area (Å²) in [5, 5.41) is 0. The zero-order valence-electron chi connectivity index (χ0n) is 12.1. The second kappa shape index (κ2) is 8.70. The third kappa shape index (κ3) is 5.88. The summed E-state index contributed by atoms with van der Waals surface area (Å²) in [5.74, 6) is -0.141. The maximum Gasteiger partial charge on any atom is 0.335 e. The van der Waals surface area contributed by atoms with E-state index in [-0.39, 0.29) is 11.9 Å². The molecule has 0 aliphatic rings. The fourth-order valence-corrected chi connectivity index (χ4v) is 1.69. The third-order valence-corrected chi connectivity index (χ3v) is 2.85. The van der Waals surface area contributed by atoms with Crippen molar-refractivity contribution in [1.29, 1.82) is 0 Å². The average Bonchev–Trinajstić information content (AvgIpc) is 2.40. The molecule has 3 nitrogen and oxygen atoms in total. The lowest BCUT2D eigenvalue weighted by Gasteiger charge is -2.20. The van der Waals surface area contributed by atoms with E-state index in [0.29, 0.717) is 13.2 Å². The molecule has 1 aromatic rings. The van der Waals surface area contributed by atoms with Crippen LogP contribution in [-0.2, 0) is 20.9 Å². The number of ether oxygens (including phenoxy) is 2. The summed E-state index contributed by atoms with van der Waals surface area (Å²) in [6.45, 7) is 6.92. The van der Waals surface area contributed by atoms with Gasteiger partial charge in [-0.2, -0.15) is 0 Å². The van der Waals surface area contributed by atoms with Gasteiger partial charge in [-0.1, -0.05) is 57.5 Å². The predicted octanol–water partition coefficient (Wildman–Crippen LogP) is 3.57. The van der Waals surface area contributed by atoms with Crippen molar-refractivity contribution in [1.82, 2.24) is 0 Å². The van der Waals surface area contributed by atoms with Crippen molar-refractivity contribution in [2.75, 3.05) is 6.61 Å². The van der Waals surface area contributed by atoms with E-state index in [4.69, 9.17) is 9.47 Å². The Kier molecular flexibility index (Phi) is 7.19. The Bertz CT molecular complexity index is 360. The SMILES string of the molecule is CCCCOC(=O)[C@@H](OCc1ccccc1)C(C)C. The molecule has 19 heavy (non-hydrogen) atoms. The summed E-state index contributed by atoms with van der Waals surface area (Å²) in [6, 6.07) is 9.85. The molecule has 0 saturated carbocycles. The highest BCUT2D eigenvalue weighted by Crippen LogP contribution is 2.12. The Balaban J connectivity index is 2.46. The van der Waals surface area contributed by atoms with Crippen LogP contribution in [0.2, 0.25) is 0 Å². The Labute approximate surface area is 115 Å². The summed E-state index contributed by atoms with van der Waals surface area (Å²) >= 11 is 0. The van der Waals surface area contributed by atoms with Gasteiger partial charge in [0.1, 0.15) is 0 Å². The van der Waals surface area contributed by atoms with Crippen molar-refractivity contribution in [3.63, 3.8) is 0 Å².